The highest BCUT2D eigenvalue weighted by Crippen LogP contribution is 2.37. The van der Waals surface area contributed by atoms with E-state index in [0.29, 0.717) is 23.9 Å². The van der Waals surface area contributed by atoms with E-state index in [1.807, 2.05) is 0 Å². The Morgan fingerprint density at radius 2 is 1.72 bits per heavy atom. The van der Waals surface area contributed by atoms with E-state index in [-0.39, 0.29) is 29.0 Å². The second-order valence-electron chi connectivity index (χ2n) is 6.70. The predicted molar refractivity (Wildman–Crippen MR) is 102 cm³/mol. The Labute approximate surface area is 165 Å². The van der Waals surface area contributed by atoms with Crippen molar-refractivity contribution >= 4 is 22.6 Å². The molecule has 0 aliphatic carbocycles. The van der Waals surface area contributed by atoms with Gasteiger partial charge in [0.1, 0.15) is 0 Å². The molecule has 3 heterocycles. The van der Waals surface area contributed by atoms with Crippen LogP contribution in [0.3, 0.4) is 0 Å². The molecule has 2 amide bonds. The molecular weight excluding hydrogens is 376 g/mol. The Morgan fingerprint density at radius 3 is 2.41 bits per heavy atom. The van der Waals surface area contributed by atoms with E-state index in [4.69, 9.17) is 4.74 Å². The van der Waals surface area contributed by atoms with E-state index in [1.54, 1.807) is 0 Å². The lowest BCUT2D eigenvalue weighted by molar-refractivity contribution is 0.0930. The number of rotatable bonds is 4. The summed E-state index contributed by atoms with van der Waals surface area (Å²) in [6.45, 7) is 0.977. The molecule has 0 radical (unpaired) electrons. The van der Waals surface area contributed by atoms with Crippen LogP contribution in [-0.2, 0) is 11.3 Å². The number of pyridine rings is 1. The largest absolute Gasteiger partial charge is 0.494 e. The van der Waals surface area contributed by atoms with Crippen LogP contribution in [0.1, 0.15) is 33.6 Å². The number of hydrogen-bond donors (Lipinski definition) is 2. The summed E-state index contributed by atoms with van der Waals surface area (Å²) in [4.78, 5) is 28.0. The van der Waals surface area contributed by atoms with Crippen molar-refractivity contribution in [3.05, 3.63) is 53.9 Å². The molecular formula is C20H18N4O5. The van der Waals surface area contributed by atoms with Gasteiger partial charge in [0.15, 0.2) is 0 Å². The highest BCUT2D eigenvalue weighted by molar-refractivity contribution is 6.03. The molecule has 1 fully saturated rings. The summed E-state index contributed by atoms with van der Waals surface area (Å²) in [5, 5.41) is 28.6. The number of aromatic hydroxyl groups is 2. The summed E-state index contributed by atoms with van der Waals surface area (Å²) in [5.74, 6) is -1.65. The zero-order chi connectivity index (χ0) is 20.4. The summed E-state index contributed by atoms with van der Waals surface area (Å²) >= 11 is 0. The van der Waals surface area contributed by atoms with Crippen LogP contribution >= 0.6 is 0 Å². The van der Waals surface area contributed by atoms with Crippen LogP contribution in [0.15, 0.2) is 53.0 Å². The SMILES string of the molecule is O=C(N=NC(=O)c1ccc2c(O)n(C[C@H]3CCCO3)c(O)c2c1)c1ccncc1. The third-order valence-corrected chi connectivity index (χ3v) is 4.83. The second-order valence-corrected chi connectivity index (χ2v) is 6.70. The van der Waals surface area contributed by atoms with Crippen molar-refractivity contribution in [1.29, 1.82) is 0 Å². The van der Waals surface area contributed by atoms with Crippen molar-refractivity contribution in [3.63, 3.8) is 0 Å². The maximum Gasteiger partial charge on any atom is 0.295 e. The smallest absolute Gasteiger partial charge is 0.295 e. The number of azo groups is 1. The van der Waals surface area contributed by atoms with Gasteiger partial charge >= 0.3 is 0 Å². The number of hydrogen-bond acceptors (Lipinski definition) is 6. The lowest BCUT2D eigenvalue weighted by Gasteiger charge is -2.12. The van der Waals surface area contributed by atoms with Crippen LogP contribution in [-0.4, -0.2) is 44.3 Å². The fourth-order valence-corrected chi connectivity index (χ4v) is 3.31. The lowest BCUT2D eigenvalue weighted by atomic mass is 10.1. The Bertz CT molecular complexity index is 1100. The summed E-state index contributed by atoms with van der Waals surface area (Å²) in [6, 6.07) is 7.32. The minimum Gasteiger partial charge on any atom is -0.494 e. The van der Waals surface area contributed by atoms with E-state index in [1.165, 1.54) is 47.3 Å². The molecule has 3 aromatic rings. The molecule has 4 rings (SSSR count). The normalized spacial score (nSPS) is 16.6. The molecule has 0 unspecified atom stereocenters. The van der Waals surface area contributed by atoms with Crippen LogP contribution in [0.2, 0.25) is 0 Å². The summed E-state index contributed by atoms with van der Waals surface area (Å²) in [5.41, 5.74) is 0.397. The minimum atomic E-state index is -0.736. The topological polar surface area (TPSA) is 126 Å². The fraction of sp³-hybridized carbons (Fsp3) is 0.250. The molecule has 9 heteroatoms. The van der Waals surface area contributed by atoms with Crippen LogP contribution in [0, 0.1) is 0 Å². The zero-order valence-corrected chi connectivity index (χ0v) is 15.4. The van der Waals surface area contributed by atoms with E-state index >= 15 is 0 Å². The Balaban J connectivity index is 1.58. The van der Waals surface area contributed by atoms with Crippen LogP contribution in [0.4, 0.5) is 0 Å². The molecule has 0 bridgehead atoms. The number of benzene rings is 1. The molecule has 9 nitrogen and oxygen atoms in total. The molecule has 1 aliphatic rings. The molecule has 0 spiro atoms. The first-order valence-electron chi connectivity index (χ1n) is 9.11. The number of carbonyl (C=O) groups excluding carboxylic acids is 2. The van der Waals surface area contributed by atoms with Gasteiger partial charge in [0.05, 0.1) is 12.6 Å². The standard InChI is InChI=1S/C20H18N4O5/c25-17(12-5-7-21-8-6-12)22-23-18(26)13-3-4-15-16(10-13)20(28)24(19(15)27)11-14-2-1-9-29-14/h3-8,10,14,27-28H,1-2,9,11H2/t14-/m1/s1. The Hall–Kier alpha value is -3.59. The van der Waals surface area contributed by atoms with Crippen molar-refractivity contribution in [2.45, 2.75) is 25.5 Å². The molecule has 0 saturated carbocycles. The minimum absolute atomic E-state index is 0.0808. The van der Waals surface area contributed by atoms with Gasteiger partial charge in [-0.05, 0) is 43.2 Å². The monoisotopic (exact) mass is 394 g/mol. The van der Waals surface area contributed by atoms with Gasteiger partial charge in [-0.2, -0.15) is 0 Å². The van der Waals surface area contributed by atoms with Crippen molar-refractivity contribution in [1.82, 2.24) is 9.55 Å². The van der Waals surface area contributed by atoms with E-state index in [2.05, 4.69) is 15.2 Å². The molecule has 1 atom stereocenters. The van der Waals surface area contributed by atoms with Crippen LogP contribution in [0.25, 0.3) is 10.8 Å². The third kappa shape index (κ3) is 3.72. The van der Waals surface area contributed by atoms with Crippen molar-refractivity contribution < 1.29 is 24.5 Å². The summed E-state index contributed by atoms with van der Waals surface area (Å²) < 4.78 is 6.92. The Morgan fingerprint density at radius 1 is 1.03 bits per heavy atom. The molecule has 148 valence electrons. The van der Waals surface area contributed by atoms with Gasteiger partial charge in [0.25, 0.3) is 11.8 Å². The molecule has 2 aromatic heterocycles. The number of nitrogens with zero attached hydrogens (tertiary/aromatic N) is 4. The number of aromatic nitrogens is 2. The van der Waals surface area contributed by atoms with Crippen LogP contribution in [0.5, 0.6) is 11.8 Å². The maximum atomic E-state index is 12.3. The molecule has 1 saturated heterocycles. The van der Waals surface area contributed by atoms with Gasteiger partial charge < -0.3 is 14.9 Å². The molecule has 1 aromatic carbocycles. The average Bonchev–Trinajstić information content (AvgIpc) is 3.35. The van der Waals surface area contributed by atoms with Gasteiger partial charge in [0, 0.05) is 40.9 Å². The highest BCUT2D eigenvalue weighted by Gasteiger charge is 2.23. The fourth-order valence-electron chi connectivity index (χ4n) is 3.31. The predicted octanol–water partition coefficient (Wildman–Crippen LogP) is 3.06. The van der Waals surface area contributed by atoms with Gasteiger partial charge in [-0.1, -0.05) is 0 Å². The molecule has 2 N–H and O–H groups in total. The molecule has 1 aliphatic heterocycles. The number of fused-ring (bicyclic) bond motifs is 1. The van der Waals surface area contributed by atoms with Crippen LogP contribution < -0.4 is 0 Å². The lowest BCUT2D eigenvalue weighted by Crippen LogP contribution is -2.14. The molecule has 29 heavy (non-hydrogen) atoms. The van der Waals surface area contributed by atoms with Gasteiger partial charge in [-0.3, -0.25) is 19.1 Å². The van der Waals surface area contributed by atoms with Gasteiger partial charge in [-0.25, -0.2) is 0 Å². The second kappa shape index (κ2) is 7.80. The van der Waals surface area contributed by atoms with E-state index < -0.39 is 11.8 Å². The van der Waals surface area contributed by atoms with Crippen molar-refractivity contribution in [3.8, 4) is 11.8 Å². The van der Waals surface area contributed by atoms with E-state index in [9.17, 15) is 19.8 Å². The first kappa shape index (κ1) is 18.8. The number of ether oxygens (including phenoxy) is 1. The quantitative estimate of drug-likeness (QED) is 0.655. The summed E-state index contributed by atoms with van der Waals surface area (Å²) in [7, 11) is 0. The third-order valence-electron chi connectivity index (χ3n) is 4.83. The van der Waals surface area contributed by atoms with Gasteiger partial charge in [-0.15, -0.1) is 10.2 Å². The first-order chi connectivity index (χ1) is 14.0. The Kier molecular flexibility index (Phi) is 5.05. The first-order valence-corrected chi connectivity index (χ1v) is 9.11. The average molecular weight is 394 g/mol. The van der Waals surface area contributed by atoms with Gasteiger partial charge in [0.2, 0.25) is 11.8 Å². The maximum absolute atomic E-state index is 12.3. The number of carbonyl (C=O) groups is 2. The summed E-state index contributed by atoms with van der Waals surface area (Å²) in [6.07, 6.45) is 4.59. The zero-order valence-electron chi connectivity index (χ0n) is 15.4. The van der Waals surface area contributed by atoms with Crippen molar-refractivity contribution in [2.24, 2.45) is 10.2 Å². The highest BCUT2D eigenvalue weighted by atomic mass is 16.5. The van der Waals surface area contributed by atoms with E-state index in [0.717, 1.165) is 12.8 Å². The van der Waals surface area contributed by atoms with Crippen molar-refractivity contribution in [2.75, 3.05) is 6.61 Å². The number of amides is 2.